The second-order valence-electron chi connectivity index (χ2n) is 5.20. The minimum atomic E-state index is -0.669. The van der Waals surface area contributed by atoms with Crippen molar-refractivity contribution in [3.8, 4) is 0 Å². The van der Waals surface area contributed by atoms with Crippen molar-refractivity contribution in [2.75, 3.05) is 5.32 Å². The van der Waals surface area contributed by atoms with Gasteiger partial charge in [-0.1, -0.05) is 30.3 Å². The van der Waals surface area contributed by atoms with E-state index in [2.05, 4.69) is 5.32 Å². The van der Waals surface area contributed by atoms with Gasteiger partial charge in [-0.15, -0.1) is 0 Å². The Balaban J connectivity index is 2.02. The third-order valence-electron chi connectivity index (χ3n) is 3.67. The normalized spacial score (nSPS) is 10.7. The van der Waals surface area contributed by atoms with Crippen molar-refractivity contribution in [1.82, 2.24) is 0 Å². The van der Waals surface area contributed by atoms with Gasteiger partial charge in [0.05, 0.1) is 6.61 Å². The molecular weight excluding hydrogens is 294 g/mol. The van der Waals surface area contributed by atoms with E-state index in [1.54, 1.807) is 49.4 Å². The van der Waals surface area contributed by atoms with Gasteiger partial charge >= 0.3 is 5.63 Å². The highest BCUT2D eigenvalue weighted by Gasteiger charge is 2.18. The predicted molar refractivity (Wildman–Crippen MR) is 87.5 cm³/mol. The number of hydrogen-bond donors (Lipinski definition) is 2. The second-order valence-corrected chi connectivity index (χ2v) is 5.20. The van der Waals surface area contributed by atoms with Crippen LogP contribution in [0.2, 0.25) is 0 Å². The van der Waals surface area contributed by atoms with Crippen molar-refractivity contribution in [3.63, 3.8) is 0 Å². The molecule has 5 heteroatoms. The molecule has 5 nitrogen and oxygen atoms in total. The standard InChI is InChI=1S/C18H15NO4/c1-11-14-7-2-3-8-15(14)23-18(22)16(11)17(21)19-13-6-4-5-12(9-13)10-20/h2-9,20H,10H2,1H3,(H,19,21). The lowest BCUT2D eigenvalue weighted by Crippen LogP contribution is -2.22. The van der Waals surface area contributed by atoms with Crippen LogP contribution in [0.15, 0.2) is 57.7 Å². The average molecular weight is 309 g/mol. The first-order valence-corrected chi connectivity index (χ1v) is 7.13. The molecule has 0 unspecified atom stereocenters. The molecule has 3 aromatic rings. The maximum absolute atomic E-state index is 12.5. The van der Waals surface area contributed by atoms with Crippen molar-refractivity contribution in [2.24, 2.45) is 0 Å². The van der Waals surface area contributed by atoms with Crippen molar-refractivity contribution < 1.29 is 14.3 Å². The van der Waals surface area contributed by atoms with Crippen LogP contribution in [0.4, 0.5) is 5.69 Å². The first kappa shape index (κ1) is 15.0. The summed E-state index contributed by atoms with van der Waals surface area (Å²) in [7, 11) is 0. The summed E-state index contributed by atoms with van der Waals surface area (Å²) in [5.74, 6) is -0.530. The Morgan fingerprint density at radius 3 is 2.74 bits per heavy atom. The second kappa shape index (κ2) is 6.06. The molecule has 1 heterocycles. The number of para-hydroxylation sites is 1. The number of aliphatic hydroxyl groups excluding tert-OH is 1. The molecule has 0 radical (unpaired) electrons. The number of benzene rings is 2. The summed E-state index contributed by atoms with van der Waals surface area (Å²) in [5.41, 5.74) is 1.52. The van der Waals surface area contributed by atoms with Crippen molar-refractivity contribution in [3.05, 3.63) is 75.6 Å². The molecule has 2 N–H and O–H groups in total. The lowest BCUT2D eigenvalue weighted by molar-refractivity contribution is 0.102. The highest BCUT2D eigenvalue weighted by atomic mass is 16.4. The van der Waals surface area contributed by atoms with Crippen LogP contribution >= 0.6 is 0 Å². The van der Waals surface area contributed by atoms with Crippen LogP contribution < -0.4 is 10.9 Å². The first-order valence-electron chi connectivity index (χ1n) is 7.13. The minimum absolute atomic E-state index is 0.0156. The molecule has 1 amide bonds. The Labute approximate surface area is 132 Å². The van der Waals surface area contributed by atoms with Gasteiger partial charge in [0.1, 0.15) is 11.1 Å². The maximum atomic E-state index is 12.5. The Morgan fingerprint density at radius 1 is 1.17 bits per heavy atom. The molecule has 0 aliphatic rings. The molecule has 0 aliphatic heterocycles. The Morgan fingerprint density at radius 2 is 1.96 bits per heavy atom. The summed E-state index contributed by atoms with van der Waals surface area (Å²) >= 11 is 0. The molecule has 0 atom stereocenters. The number of nitrogens with one attached hydrogen (secondary N) is 1. The number of amides is 1. The Kier molecular flexibility index (Phi) is 3.95. The molecular formula is C18H15NO4. The zero-order valence-corrected chi connectivity index (χ0v) is 12.5. The van der Waals surface area contributed by atoms with Crippen molar-refractivity contribution in [1.29, 1.82) is 0 Å². The molecule has 0 saturated carbocycles. The summed E-state index contributed by atoms with van der Waals surface area (Å²) in [6.07, 6.45) is 0. The molecule has 23 heavy (non-hydrogen) atoms. The van der Waals surface area contributed by atoms with E-state index in [0.29, 0.717) is 22.4 Å². The van der Waals surface area contributed by atoms with E-state index in [-0.39, 0.29) is 12.2 Å². The number of aryl methyl sites for hydroxylation is 1. The first-order chi connectivity index (χ1) is 11.1. The Hall–Kier alpha value is -2.92. The van der Waals surface area contributed by atoms with Crippen LogP contribution in [-0.4, -0.2) is 11.0 Å². The van der Waals surface area contributed by atoms with Crippen LogP contribution in [0.1, 0.15) is 21.5 Å². The lowest BCUT2D eigenvalue weighted by atomic mass is 10.1. The van der Waals surface area contributed by atoms with Crippen LogP contribution in [0.25, 0.3) is 11.0 Å². The highest BCUT2D eigenvalue weighted by Crippen LogP contribution is 2.20. The number of hydrogen-bond acceptors (Lipinski definition) is 4. The molecule has 1 aromatic heterocycles. The van der Waals surface area contributed by atoms with Gasteiger partial charge in [0.2, 0.25) is 0 Å². The largest absolute Gasteiger partial charge is 0.422 e. The SMILES string of the molecule is Cc1c(C(=O)Nc2cccc(CO)c2)c(=O)oc2ccccc12. The number of rotatable bonds is 3. The van der Waals surface area contributed by atoms with Crippen molar-refractivity contribution >= 4 is 22.6 Å². The third-order valence-corrected chi connectivity index (χ3v) is 3.67. The maximum Gasteiger partial charge on any atom is 0.349 e. The molecule has 0 saturated heterocycles. The van der Waals surface area contributed by atoms with E-state index >= 15 is 0 Å². The number of anilines is 1. The fourth-order valence-corrected chi connectivity index (χ4v) is 2.51. The summed E-state index contributed by atoms with van der Waals surface area (Å²) in [5, 5.41) is 12.5. The zero-order chi connectivity index (χ0) is 16.4. The topological polar surface area (TPSA) is 79.5 Å². The van der Waals surface area contributed by atoms with Gasteiger partial charge in [0.15, 0.2) is 0 Å². The number of aliphatic hydroxyl groups is 1. The Bertz CT molecular complexity index is 943. The summed E-state index contributed by atoms with van der Waals surface area (Å²) in [4.78, 5) is 24.6. The van der Waals surface area contributed by atoms with Crippen LogP contribution in [0, 0.1) is 6.92 Å². The van der Waals surface area contributed by atoms with Gasteiger partial charge in [-0.25, -0.2) is 4.79 Å². The van der Waals surface area contributed by atoms with Gasteiger partial charge in [0.25, 0.3) is 5.91 Å². The monoisotopic (exact) mass is 309 g/mol. The molecule has 3 rings (SSSR count). The average Bonchev–Trinajstić information content (AvgIpc) is 2.55. The highest BCUT2D eigenvalue weighted by molar-refractivity contribution is 6.07. The van der Waals surface area contributed by atoms with Gasteiger partial charge in [-0.3, -0.25) is 4.79 Å². The smallest absolute Gasteiger partial charge is 0.349 e. The van der Waals surface area contributed by atoms with Crippen LogP contribution in [0.5, 0.6) is 0 Å². The quantitative estimate of drug-likeness (QED) is 0.729. The van der Waals surface area contributed by atoms with Gasteiger partial charge in [-0.2, -0.15) is 0 Å². The number of carbonyl (C=O) groups excluding carboxylic acids is 1. The summed E-state index contributed by atoms with van der Waals surface area (Å²) < 4.78 is 5.22. The minimum Gasteiger partial charge on any atom is -0.422 e. The van der Waals surface area contributed by atoms with Gasteiger partial charge in [-0.05, 0) is 36.2 Å². The van der Waals surface area contributed by atoms with E-state index in [1.165, 1.54) is 0 Å². The molecule has 0 fully saturated rings. The summed E-state index contributed by atoms with van der Waals surface area (Å²) in [6.45, 7) is 1.60. The predicted octanol–water partition coefficient (Wildman–Crippen LogP) is 2.85. The lowest BCUT2D eigenvalue weighted by Gasteiger charge is -2.09. The zero-order valence-electron chi connectivity index (χ0n) is 12.5. The summed E-state index contributed by atoms with van der Waals surface area (Å²) in [6, 6.07) is 13.9. The third kappa shape index (κ3) is 2.86. The van der Waals surface area contributed by atoms with E-state index in [9.17, 15) is 9.59 Å². The van der Waals surface area contributed by atoms with E-state index < -0.39 is 11.5 Å². The van der Waals surface area contributed by atoms with E-state index in [1.807, 2.05) is 6.07 Å². The molecule has 0 bridgehead atoms. The fourth-order valence-electron chi connectivity index (χ4n) is 2.51. The van der Waals surface area contributed by atoms with E-state index in [4.69, 9.17) is 9.52 Å². The molecule has 116 valence electrons. The molecule has 0 spiro atoms. The number of carbonyl (C=O) groups is 1. The van der Waals surface area contributed by atoms with Crippen LogP contribution in [0.3, 0.4) is 0 Å². The molecule has 0 aliphatic carbocycles. The number of fused-ring (bicyclic) bond motifs is 1. The van der Waals surface area contributed by atoms with Crippen LogP contribution in [-0.2, 0) is 6.61 Å². The van der Waals surface area contributed by atoms with Crippen molar-refractivity contribution in [2.45, 2.75) is 13.5 Å². The van der Waals surface area contributed by atoms with E-state index in [0.717, 1.165) is 5.39 Å². The van der Waals surface area contributed by atoms with Gasteiger partial charge < -0.3 is 14.8 Å². The van der Waals surface area contributed by atoms with Gasteiger partial charge in [0, 0.05) is 11.1 Å². The molecule has 2 aromatic carbocycles. The fraction of sp³-hybridized carbons (Fsp3) is 0.111.